The van der Waals surface area contributed by atoms with Gasteiger partial charge >= 0.3 is 0 Å². The molecule has 16 heavy (non-hydrogen) atoms. The Bertz CT molecular complexity index is 486. The van der Waals surface area contributed by atoms with E-state index in [4.69, 9.17) is 0 Å². The third-order valence-electron chi connectivity index (χ3n) is 2.31. The van der Waals surface area contributed by atoms with Gasteiger partial charge in [-0.15, -0.1) is 5.11 Å². The molecule has 0 amide bonds. The Morgan fingerprint density at radius 2 is 1.81 bits per heavy atom. The van der Waals surface area contributed by atoms with Crippen molar-refractivity contribution in [3.8, 4) is 0 Å². The predicted octanol–water partition coefficient (Wildman–Crippen LogP) is 3.19. The normalized spacial score (nSPS) is 19.6. The van der Waals surface area contributed by atoms with Crippen molar-refractivity contribution in [3.05, 3.63) is 40.9 Å². The molecule has 4 heteroatoms. The van der Waals surface area contributed by atoms with Gasteiger partial charge in [0.05, 0.1) is 5.54 Å². The highest BCUT2D eigenvalue weighted by Gasteiger charge is 2.24. The molecule has 1 aliphatic heterocycles. The van der Waals surface area contributed by atoms with Gasteiger partial charge in [-0.05, 0) is 39.0 Å². The van der Waals surface area contributed by atoms with Gasteiger partial charge in [-0.3, -0.25) is 0 Å². The Kier molecular flexibility index (Phi) is 2.76. The second-order valence-electron chi connectivity index (χ2n) is 4.42. The third kappa shape index (κ3) is 2.27. The first-order valence-corrected chi connectivity index (χ1v) is 6.27. The average Bonchev–Trinajstić information content (AvgIpc) is 2.59. The quantitative estimate of drug-likeness (QED) is 0.774. The first kappa shape index (κ1) is 11.2. The molecule has 0 fully saturated rings. The van der Waals surface area contributed by atoms with Crippen LogP contribution in [-0.4, -0.2) is 9.75 Å². The highest BCUT2D eigenvalue weighted by atomic mass is 32.2. The predicted molar refractivity (Wildman–Crippen MR) is 64.6 cm³/mol. The maximum atomic E-state index is 12.1. The molecule has 1 atom stereocenters. The molecule has 1 aliphatic rings. The van der Waals surface area contributed by atoms with E-state index in [1.165, 1.54) is 0 Å². The van der Waals surface area contributed by atoms with Crippen LogP contribution in [0.1, 0.15) is 19.4 Å². The van der Waals surface area contributed by atoms with Crippen LogP contribution in [0.3, 0.4) is 0 Å². The molecule has 1 aromatic carbocycles. The zero-order chi connectivity index (χ0) is 11.8. The Morgan fingerprint density at radius 3 is 2.31 bits per heavy atom. The van der Waals surface area contributed by atoms with Gasteiger partial charge in [-0.1, -0.05) is 17.7 Å². The van der Waals surface area contributed by atoms with Crippen molar-refractivity contribution in [1.82, 2.24) is 0 Å². The van der Waals surface area contributed by atoms with Gasteiger partial charge in [0.2, 0.25) is 0 Å². The van der Waals surface area contributed by atoms with Crippen LogP contribution in [0.15, 0.2) is 50.5 Å². The molecule has 1 heterocycles. The smallest absolute Gasteiger partial charge is 0.152 e. The molecule has 84 valence electrons. The van der Waals surface area contributed by atoms with Crippen molar-refractivity contribution in [3.63, 3.8) is 0 Å². The molecular formula is C12H14N2OS. The number of rotatable bonds is 2. The summed E-state index contributed by atoms with van der Waals surface area (Å²) in [5, 5.41) is 8.58. The minimum Gasteiger partial charge on any atom is -0.247 e. The van der Waals surface area contributed by atoms with E-state index >= 15 is 0 Å². The Labute approximate surface area is 97.7 Å². The fourth-order valence-electron chi connectivity index (χ4n) is 1.41. The summed E-state index contributed by atoms with van der Waals surface area (Å²) in [5.41, 5.74) is 0.832. The highest BCUT2D eigenvalue weighted by Crippen LogP contribution is 2.27. The molecule has 0 N–H and O–H groups in total. The number of nitrogens with zero attached hydrogens (tertiary/aromatic N) is 2. The standard InChI is InChI=1S/C12H14N2OS/c1-9-4-6-10(7-5-9)16(15)11-8-12(2,3)14-13-11/h4-8H,1-3H3. The SMILES string of the molecule is Cc1ccc(S(=O)C2=CC(C)(C)N=N2)cc1. The average molecular weight is 234 g/mol. The summed E-state index contributed by atoms with van der Waals surface area (Å²) in [5.74, 6) is 0. The van der Waals surface area contributed by atoms with E-state index in [0.29, 0.717) is 5.03 Å². The van der Waals surface area contributed by atoms with E-state index in [9.17, 15) is 4.21 Å². The monoisotopic (exact) mass is 234 g/mol. The summed E-state index contributed by atoms with van der Waals surface area (Å²) in [6.45, 7) is 5.88. The van der Waals surface area contributed by atoms with Gasteiger partial charge in [0, 0.05) is 4.90 Å². The topological polar surface area (TPSA) is 41.8 Å². The molecule has 2 rings (SSSR count). The Balaban J connectivity index is 2.28. The van der Waals surface area contributed by atoms with E-state index in [-0.39, 0.29) is 5.54 Å². The zero-order valence-corrected chi connectivity index (χ0v) is 10.4. The van der Waals surface area contributed by atoms with Gasteiger partial charge in [-0.2, -0.15) is 5.11 Å². The summed E-state index contributed by atoms with van der Waals surface area (Å²) in [6.07, 6.45) is 1.85. The first-order chi connectivity index (χ1) is 7.48. The largest absolute Gasteiger partial charge is 0.247 e. The van der Waals surface area contributed by atoms with Crippen LogP contribution in [0.4, 0.5) is 0 Å². The first-order valence-electron chi connectivity index (χ1n) is 5.12. The molecule has 0 radical (unpaired) electrons. The minimum absolute atomic E-state index is 0.324. The lowest BCUT2D eigenvalue weighted by molar-refractivity contribution is 0.644. The molecule has 0 aromatic heterocycles. The van der Waals surface area contributed by atoms with E-state index in [1.807, 2.05) is 51.1 Å². The van der Waals surface area contributed by atoms with Crippen LogP contribution in [-0.2, 0) is 10.8 Å². The van der Waals surface area contributed by atoms with Gasteiger partial charge in [0.25, 0.3) is 0 Å². The van der Waals surface area contributed by atoms with Crippen molar-refractivity contribution >= 4 is 10.8 Å². The Hall–Kier alpha value is -1.29. The number of azo groups is 1. The number of hydrogen-bond donors (Lipinski definition) is 0. The lowest BCUT2D eigenvalue weighted by Gasteiger charge is -2.05. The van der Waals surface area contributed by atoms with E-state index < -0.39 is 10.8 Å². The van der Waals surface area contributed by atoms with Crippen molar-refractivity contribution in [2.75, 3.05) is 0 Å². The maximum absolute atomic E-state index is 12.1. The van der Waals surface area contributed by atoms with Crippen LogP contribution in [0, 0.1) is 6.92 Å². The summed E-state index contributed by atoms with van der Waals surface area (Å²) in [4.78, 5) is 0.772. The van der Waals surface area contributed by atoms with Crippen LogP contribution in [0.2, 0.25) is 0 Å². The molecule has 3 nitrogen and oxygen atoms in total. The third-order valence-corrected chi connectivity index (χ3v) is 3.59. The molecule has 0 spiro atoms. The van der Waals surface area contributed by atoms with Crippen molar-refractivity contribution in [2.24, 2.45) is 10.2 Å². The second-order valence-corrected chi connectivity index (χ2v) is 5.85. The van der Waals surface area contributed by atoms with Crippen molar-refractivity contribution < 1.29 is 4.21 Å². The fraction of sp³-hybridized carbons (Fsp3) is 0.333. The zero-order valence-electron chi connectivity index (χ0n) is 9.60. The minimum atomic E-state index is -1.21. The highest BCUT2D eigenvalue weighted by molar-refractivity contribution is 7.89. The molecule has 0 saturated carbocycles. The van der Waals surface area contributed by atoms with Crippen LogP contribution >= 0.6 is 0 Å². The number of benzene rings is 1. The van der Waals surface area contributed by atoms with Gasteiger partial charge in [0.15, 0.2) is 5.03 Å². The molecule has 0 bridgehead atoms. The second kappa shape index (κ2) is 3.94. The molecule has 1 unspecified atom stereocenters. The maximum Gasteiger partial charge on any atom is 0.152 e. The van der Waals surface area contributed by atoms with E-state index in [1.54, 1.807) is 0 Å². The van der Waals surface area contributed by atoms with Crippen LogP contribution in [0.5, 0.6) is 0 Å². The summed E-state index contributed by atoms with van der Waals surface area (Å²) in [6, 6.07) is 7.64. The summed E-state index contributed by atoms with van der Waals surface area (Å²) in [7, 11) is -1.21. The lowest BCUT2D eigenvalue weighted by Crippen LogP contribution is -2.08. The molecule has 1 aromatic rings. The summed E-state index contributed by atoms with van der Waals surface area (Å²) >= 11 is 0. The number of hydrogen-bond acceptors (Lipinski definition) is 3. The number of aryl methyl sites for hydroxylation is 1. The van der Waals surface area contributed by atoms with Crippen LogP contribution in [0.25, 0.3) is 0 Å². The van der Waals surface area contributed by atoms with E-state index in [2.05, 4.69) is 10.2 Å². The molecular weight excluding hydrogens is 220 g/mol. The molecule has 0 aliphatic carbocycles. The van der Waals surface area contributed by atoms with Crippen molar-refractivity contribution in [1.29, 1.82) is 0 Å². The summed E-state index contributed by atoms with van der Waals surface area (Å²) < 4.78 is 12.1. The van der Waals surface area contributed by atoms with Crippen molar-refractivity contribution in [2.45, 2.75) is 31.2 Å². The Morgan fingerprint density at radius 1 is 1.19 bits per heavy atom. The van der Waals surface area contributed by atoms with E-state index in [0.717, 1.165) is 10.5 Å². The van der Waals surface area contributed by atoms with Gasteiger partial charge < -0.3 is 0 Å². The van der Waals surface area contributed by atoms with Gasteiger partial charge in [0.1, 0.15) is 10.8 Å². The fourth-order valence-corrected chi connectivity index (χ4v) is 2.55. The van der Waals surface area contributed by atoms with Crippen LogP contribution < -0.4 is 0 Å². The molecule has 0 saturated heterocycles. The lowest BCUT2D eigenvalue weighted by atomic mass is 10.1. The van der Waals surface area contributed by atoms with Gasteiger partial charge in [-0.25, -0.2) is 4.21 Å².